The number of rotatable bonds is 3. The van der Waals surface area contributed by atoms with Gasteiger partial charge in [-0.15, -0.1) is 0 Å². The van der Waals surface area contributed by atoms with Crippen LogP contribution in [-0.4, -0.2) is 29.2 Å². The molecule has 6 heteroatoms. The van der Waals surface area contributed by atoms with Crippen molar-refractivity contribution in [3.8, 4) is 0 Å². The highest BCUT2D eigenvalue weighted by Gasteiger charge is 2.53. The Morgan fingerprint density at radius 2 is 1.80 bits per heavy atom. The van der Waals surface area contributed by atoms with Crippen molar-refractivity contribution in [2.45, 2.75) is 12.2 Å². The number of amides is 1. The van der Waals surface area contributed by atoms with Crippen molar-refractivity contribution < 1.29 is 23.8 Å². The van der Waals surface area contributed by atoms with Gasteiger partial charge in [0, 0.05) is 0 Å². The second-order valence-electron chi connectivity index (χ2n) is 4.81. The number of carboxylic acid groups (broad SMARTS) is 1. The van der Waals surface area contributed by atoms with E-state index in [2.05, 4.69) is 5.32 Å². The van der Waals surface area contributed by atoms with E-state index >= 15 is 0 Å². The first-order valence-electron chi connectivity index (χ1n) is 6.20. The average molecular weight is 277 g/mol. The first-order valence-corrected chi connectivity index (χ1v) is 6.20. The maximum Gasteiger partial charge on any atom is 0.310 e. The van der Waals surface area contributed by atoms with Crippen LogP contribution >= 0.6 is 0 Å². The summed E-state index contributed by atoms with van der Waals surface area (Å²) in [6.07, 6.45) is 2.17. The van der Waals surface area contributed by atoms with Gasteiger partial charge in [0.05, 0.1) is 23.8 Å². The van der Waals surface area contributed by atoms with E-state index in [1.807, 2.05) is 0 Å². The lowest BCUT2D eigenvalue weighted by molar-refractivity contribution is -0.145. The summed E-state index contributed by atoms with van der Waals surface area (Å²) >= 11 is 0. The summed E-state index contributed by atoms with van der Waals surface area (Å²) in [4.78, 5) is 23.5. The normalized spacial score (nSPS) is 30.4. The number of aliphatic carboxylic acids is 1. The number of hydrogen-bond acceptors (Lipinski definition) is 3. The fraction of sp³-hybridized carbons (Fsp3) is 0.286. The SMILES string of the molecule is O=C(O)[C@@H]1[C@H](C(=O)Nc2ccccc2F)[C@H]2C=C[C@@H]1O2. The zero-order valence-electron chi connectivity index (χ0n) is 10.3. The first kappa shape index (κ1) is 12.8. The summed E-state index contributed by atoms with van der Waals surface area (Å²) in [7, 11) is 0. The molecule has 1 aromatic rings. The Labute approximate surface area is 114 Å². The second-order valence-corrected chi connectivity index (χ2v) is 4.81. The monoisotopic (exact) mass is 277 g/mol. The Morgan fingerprint density at radius 1 is 1.15 bits per heavy atom. The molecule has 2 aliphatic heterocycles. The summed E-state index contributed by atoms with van der Waals surface area (Å²) < 4.78 is 18.9. The summed E-state index contributed by atoms with van der Waals surface area (Å²) in [5, 5.41) is 11.6. The van der Waals surface area contributed by atoms with E-state index in [-0.39, 0.29) is 5.69 Å². The van der Waals surface area contributed by atoms with Gasteiger partial charge >= 0.3 is 5.97 Å². The second kappa shape index (κ2) is 4.72. The predicted octanol–water partition coefficient (Wildman–Crippen LogP) is 1.42. The van der Waals surface area contributed by atoms with Crippen molar-refractivity contribution in [3.63, 3.8) is 0 Å². The van der Waals surface area contributed by atoms with Gasteiger partial charge in [-0.1, -0.05) is 24.3 Å². The van der Waals surface area contributed by atoms with Crippen LogP contribution in [0.25, 0.3) is 0 Å². The molecule has 2 bridgehead atoms. The van der Waals surface area contributed by atoms with Gasteiger partial charge in [0.25, 0.3) is 0 Å². The number of para-hydroxylation sites is 1. The van der Waals surface area contributed by atoms with Gasteiger partial charge in [-0.25, -0.2) is 4.39 Å². The highest BCUT2D eigenvalue weighted by atomic mass is 19.1. The molecule has 20 heavy (non-hydrogen) atoms. The van der Waals surface area contributed by atoms with Crippen molar-refractivity contribution >= 4 is 17.6 Å². The standard InChI is InChI=1S/C14H12FNO4/c15-7-3-1-2-4-8(7)16-13(17)11-9-5-6-10(20-9)12(11)14(18)19/h1-6,9-12H,(H,16,17)(H,18,19)/t9-,10+,11-,12+/m1/s1. The molecule has 1 saturated heterocycles. The molecule has 1 aromatic carbocycles. The molecular formula is C14H12FNO4. The Kier molecular flexibility index (Phi) is 3.02. The van der Waals surface area contributed by atoms with Gasteiger partial charge in [0.2, 0.25) is 5.91 Å². The Bertz CT molecular complexity index is 601. The zero-order chi connectivity index (χ0) is 14.3. The molecule has 3 rings (SSSR count). The van der Waals surface area contributed by atoms with Crippen LogP contribution in [0.3, 0.4) is 0 Å². The quantitative estimate of drug-likeness (QED) is 0.819. The van der Waals surface area contributed by atoms with Crippen LogP contribution in [0.4, 0.5) is 10.1 Å². The zero-order valence-corrected chi connectivity index (χ0v) is 10.3. The van der Waals surface area contributed by atoms with Gasteiger partial charge in [-0.2, -0.15) is 0 Å². The van der Waals surface area contributed by atoms with Crippen LogP contribution in [0.2, 0.25) is 0 Å². The maximum absolute atomic E-state index is 13.5. The molecular weight excluding hydrogens is 265 g/mol. The van der Waals surface area contributed by atoms with Gasteiger partial charge in [-0.05, 0) is 12.1 Å². The maximum atomic E-state index is 13.5. The minimum absolute atomic E-state index is 0.0355. The average Bonchev–Trinajstić information content (AvgIpc) is 3.01. The first-order chi connectivity index (χ1) is 9.58. The third kappa shape index (κ3) is 1.98. The van der Waals surface area contributed by atoms with Gasteiger partial charge < -0.3 is 15.2 Å². The highest BCUT2D eigenvalue weighted by Crippen LogP contribution is 2.39. The molecule has 0 unspecified atom stereocenters. The van der Waals surface area contributed by atoms with Crippen molar-refractivity contribution in [1.29, 1.82) is 0 Å². The number of carboxylic acids is 1. The molecule has 2 aliphatic rings. The molecule has 104 valence electrons. The third-order valence-corrected chi connectivity index (χ3v) is 3.62. The smallest absolute Gasteiger partial charge is 0.310 e. The number of nitrogens with one attached hydrogen (secondary N) is 1. The summed E-state index contributed by atoms with van der Waals surface area (Å²) in [6.45, 7) is 0. The minimum atomic E-state index is -1.09. The molecule has 0 aromatic heterocycles. The van der Waals surface area contributed by atoms with Crippen molar-refractivity contribution in [2.75, 3.05) is 5.32 Å². The van der Waals surface area contributed by atoms with E-state index in [0.717, 1.165) is 0 Å². The van der Waals surface area contributed by atoms with Gasteiger partial charge in [0.15, 0.2) is 0 Å². The summed E-state index contributed by atoms with van der Waals surface area (Å²) in [6, 6.07) is 5.74. The van der Waals surface area contributed by atoms with Gasteiger partial charge in [0.1, 0.15) is 11.7 Å². The fourth-order valence-corrected chi connectivity index (χ4v) is 2.69. The number of halogens is 1. The van der Waals surface area contributed by atoms with E-state index in [1.54, 1.807) is 18.2 Å². The number of hydrogen-bond donors (Lipinski definition) is 2. The molecule has 0 aliphatic carbocycles. The molecule has 1 amide bonds. The Hall–Kier alpha value is -2.21. The molecule has 2 N–H and O–H groups in total. The van der Waals surface area contributed by atoms with Crippen LogP contribution in [0.1, 0.15) is 0 Å². The minimum Gasteiger partial charge on any atom is -0.481 e. The summed E-state index contributed by atoms with van der Waals surface area (Å²) in [5.74, 6) is -3.97. The summed E-state index contributed by atoms with van der Waals surface area (Å²) in [5.41, 5.74) is 0.0355. The molecule has 0 spiro atoms. The van der Waals surface area contributed by atoms with Crippen molar-refractivity contribution in [1.82, 2.24) is 0 Å². The highest BCUT2D eigenvalue weighted by molar-refractivity contribution is 5.96. The van der Waals surface area contributed by atoms with E-state index < -0.39 is 41.7 Å². The lowest BCUT2D eigenvalue weighted by Crippen LogP contribution is -2.39. The van der Waals surface area contributed by atoms with E-state index in [0.29, 0.717) is 0 Å². The van der Waals surface area contributed by atoms with Crippen LogP contribution < -0.4 is 5.32 Å². The Balaban J connectivity index is 1.82. The van der Waals surface area contributed by atoms with Crippen molar-refractivity contribution in [2.24, 2.45) is 11.8 Å². The number of fused-ring (bicyclic) bond motifs is 2. The third-order valence-electron chi connectivity index (χ3n) is 3.62. The molecule has 5 nitrogen and oxygen atoms in total. The lowest BCUT2D eigenvalue weighted by Gasteiger charge is -2.21. The fourth-order valence-electron chi connectivity index (χ4n) is 2.69. The van der Waals surface area contributed by atoms with Crippen molar-refractivity contribution in [3.05, 3.63) is 42.2 Å². The predicted molar refractivity (Wildman–Crippen MR) is 67.4 cm³/mol. The molecule has 4 atom stereocenters. The number of benzene rings is 1. The number of carbonyl (C=O) groups excluding carboxylic acids is 1. The van der Waals surface area contributed by atoms with Crippen LogP contribution in [0.15, 0.2) is 36.4 Å². The number of anilines is 1. The lowest BCUT2D eigenvalue weighted by atomic mass is 9.82. The largest absolute Gasteiger partial charge is 0.481 e. The van der Waals surface area contributed by atoms with E-state index in [9.17, 15) is 19.1 Å². The van der Waals surface area contributed by atoms with Gasteiger partial charge in [-0.3, -0.25) is 9.59 Å². The van der Waals surface area contributed by atoms with E-state index in [1.165, 1.54) is 18.2 Å². The topological polar surface area (TPSA) is 75.6 Å². The van der Waals surface area contributed by atoms with Crippen LogP contribution in [-0.2, 0) is 14.3 Å². The molecule has 0 saturated carbocycles. The van der Waals surface area contributed by atoms with Crippen LogP contribution in [0.5, 0.6) is 0 Å². The molecule has 2 heterocycles. The number of ether oxygens (including phenoxy) is 1. The van der Waals surface area contributed by atoms with E-state index in [4.69, 9.17) is 4.74 Å². The molecule has 1 fully saturated rings. The number of carbonyl (C=O) groups is 2. The Morgan fingerprint density at radius 3 is 2.45 bits per heavy atom. The molecule has 0 radical (unpaired) electrons. The van der Waals surface area contributed by atoms with Crippen LogP contribution in [0, 0.1) is 17.7 Å².